The Morgan fingerprint density at radius 3 is 2.79 bits per heavy atom. The molecule has 1 aliphatic heterocycles. The van der Waals surface area contributed by atoms with Gasteiger partial charge in [0.25, 0.3) is 0 Å². The molecule has 0 aliphatic carbocycles. The maximum Gasteiger partial charge on any atom is 0.243 e. The number of halogens is 1. The van der Waals surface area contributed by atoms with Gasteiger partial charge in [0.1, 0.15) is 5.82 Å². The molecule has 2 rings (SSSR count). The number of aryl methyl sites for hydroxylation is 1. The van der Waals surface area contributed by atoms with E-state index < -0.39 is 15.8 Å². The lowest BCUT2D eigenvalue weighted by molar-refractivity contribution is 0.148. The summed E-state index contributed by atoms with van der Waals surface area (Å²) in [7, 11) is -3.65. The molecule has 0 saturated carbocycles. The fourth-order valence-corrected chi connectivity index (χ4v) is 3.75. The van der Waals surface area contributed by atoms with Crippen LogP contribution in [0.1, 0.15) is 12.0 Å². The molecule has 0 bridgehead atoms. The minimum Gasteiger partial charge on any atom is -0.396 e. The molecule has 1 fully saturated rings. The first-order chi connectivity index (χ1) is 8.93. The molecule has 1 saturated heterocycles. The van der Waals surface area contributed by atoms with E-state index in [2.05, 4.69) is 0 Å². The zero-order valence-electron chi connectivity index (χ0n) is 10.7. The average molecular weight is 288 g/mol. The summed E-state index contributed by atoms with van der Waals surface area (Å²) in [5, 5.41) is 0. The highest BCUT2D eigenvalue weighted by Crippen LogP contribution is 2.25. The first-order valence-electron chi connectivity index (χ1n) is 6.06. The normalized spacial score (nSPS) is 18.2. The van der Waals surface area contributed by atoms with Gasteiger partial charge in [-0.05, 0) is 31.0 Å². The quantitative estimate of drug-likeness (QED) is 0.828. The summed E-state index contributed by atoms with van der Waals surface area (Å²) in [5.41, 5.74) is 5.66. The Balaban J connectivity index is 2.41. The molecule has 1 aromatic carbocycles. The highest BCUT2D eigenvalue weighted by molar-refractivity contribution is 7.89. The Labute approximate surface area is 112 Å². The molecule has 5 nitrogen and oxygen atoms in total. The van der Waals surface area contributed by atoms with E-state index in [0.717, 1.165) is 6.07 Å². The number of hydrogen-bond donors (Lipinski definition) is 1. The van der Waals surface area contributed by atoms with Crippen LogP contribution in [0, 0.1) is 12.7 Å². The van der Waals surface area contributed by atoms with Crippen molar-refractivity contribution in [2.24, 2.45) is 0 Å². The minimum atomic E-state index is -3.65. The molecule has 106 valence electrons. The van der Waals surface area contributed by atoms with E-state index in [1.165, 1.54) is 10.4 Å². The Morgan fingerprint density at radius 2 is 2.05 bits per heavy atom. The van der Waals surface area contributed by atoms with Crippen LogP contribution in [0.4, 0.5) is 10.1 Å². The number of nitrogens with zero attached hydrogens (tertiary/aromatic N) is 1. The van der Waals surface area contributed by atoms with Crippen molar-refractivity contribution in [3.05, 3.63) is 23.5 Å². The molecule has 1 aromatic rings. The maximum absolute atomic E-state index is 13.3. The molecular formula is C12H17FN2O3S. The first kappa shape index (κ1) is 14.2. The zero-order valence-corrected chi connectivity index (χ0v) is 11.5. The van der Waals surface area contributed by atoms with E-state index in [0.29, 0.717) is 38.3 Å². The van der Waals surface area contributed by atoms with Crippen molar-refractivity contribution in [3.63, 3.8) is 0 Å². The number of rotatable bonds is 2. The van der Waals surface area contributed by atoms with Crippen molar-refractivity contribution in [1.82, 2.24) is 4.31 Å². The predicted octanol–water partition coefficient (Wildman–Crippen LogP) is 1.13. The van der Waals surface area contributed by atoms with E-state index in [1.807, 2.05) is 0 Å². The molecule has 19 heavy (non-hydrogen) atoms. The van der Waals surface area contributed by atoms with Crippen LogP contribution in [0.5, 0.6) is 0 Å². The van der Waals surface area contributed by atoms with Crippen LogP contribution in [0.3, 0.4) is 0 Å². The van der Waals surface area contributed by atoms with Crippen LogP contribution in [-0.2, 0) is 14.8 Å². The Morgan fingerprint density at radius 1 is 1.32 bits per heavy atom. The summed E-state index contributed by atoms with van der Waals surface area (Å²) in [6.07, 6.45) is 0.648. The van der Waals surface area contributed by atoms with Gasteiger partial charge in [-0.1, -0.05) is 0 Å². The van der Waals surface area contributed by atoms with Gasteiger partial charge in [0.05, 0.1) is 17.2 Å². The summed E-state index contributed by atoms with van der Waals surface area (Å²) >= 11 is 0. The van der Waals surface area contributed by atoms with Crippen molar-refractivity contribution >= 4 is 15.7 Å². The molecular weight excluding hydrogens is 271 g/mol. The van der Waals surface area contributed by atoms with Gasteiger partial charge in [-0.3, -0.25) is 0 Å². The van der Waals surface area contributed by atoms with Gasteiger partial charge >= 0.3 is 0 Å². The standard InChI is InChI=1S/C12H17FN2O3S/c1-9-7-10(13)11(14)8-12(9)19(16,17)15-3-2-5-18-6-4-15/h7-8H,2-6,14H2,1H3. The summed E-state index contributed by atoms with van der Waals surface area (Å²) in [6.45, 7) is 3.19. The fourth-order valence-electron chi connectivity index (χ4n) is 2.05. The molecule has 0 aromatic heterocycles. The first-order valence-corrected chi connectivity index (χ1v) is 7.50. The van der Waals surface area contributed by atoms with Gasteiger partial charge in [0.15, 0.2) is 0 Å². The number of ether oxygens (including phenoxy) is 1. The molecule has 2 N–H and O–H groups in total. The smallest absolute Gasteiger partial charge is 0.243 e. The van der Waals surface area contributed by atoms with E-state index in [9.17, 15) is 12.8 Å². The van der Waals surface area contributed by atoms with Gasteiger partial charge in [-0.2, -0.15) is 4.31 Å². The van der Waals surface area contributed by atoms with Gasteiger partial charge < -0.3 is 10.5 Å². The summed E-state index contributed by atoms with van der Waals surface area (Å²) in [6, 6.07) is 2.34. The lowest BCUT2D eigenvalue weighted by atomic mass is 10.2. The highest BCUT2D eigenvalue weighted by atomic mass is 32.2. The van der Waals surface area contributed by atoms with Crippen LogP contribution < -0.4 is 5.73 Å². The van der Waals surface area contributed by atoms with Gasteiger partial charge in [-0.25, -0.2) is 12.8 Å². The molecule has 0 radical (unpaired) electrons. The average Bonchev–Trinajstić information content (AvgIpc) is 2.62. The number of benzene rings is 1. The molecule has 0 unspecified atom stereocenters. The van der Waals surface area contributed by atoms with E-state index in [1.54, 1.807) is 6.92 Å². The number of anilines is 1. The molecule has 1 heterocycles. The van der Waals surface area contributed by atoms with Crippen molar-refractivity contribution < 1.29 is 17.5 Å². The van der Waals surface area contributed by atoms with E-state index in [-0.39, 0.29) is 10.6 Å². The number of hydrogen-bond acceptors (Lipinski definition) is 4. The summed E-state index contributed by atoms with van der Waals surface area (Å²) < 4.78 is 44.9. The minimum absolute atomic E-state index is 0.0632. The molecule has 0 amide bonds. The second-order valence-corrected chi connectivity index (χ2v) is 6.42. The van der Waals surface area contributed by atoms with Crippen molar-refractivity contribution in [3.8, 4) is 0 Å². The second-order valence-electron chi connectivity index (χ2n) is 4.51. The lowest BCUT2D eigenvalue weighted by Crippen LogP contribution is -2.33. The van der Waals surface area contributed by atoms with Crippen molar-refractivity contribution in [2.45, 2.75) is 18.2 Å². The van der Waals surface area contributed by atoms with Crippen LogP contribution in [-0.4, -0.2) is 39.0 Å². The Kier molecular flexibility index (Phi) is 4.07. The number of nitrogens with two attached hydrogens (primary N) is 1. The van der Waals surface area contributed by atoms with Crippen LogP contribution in [0.15, 0.2) is 17.0 Å². The van der Waals surface area contributed by atoms with E-state index in [4.69, 9.17) is 10.5 Å². The van der Waals surface area contributed by atoms with E-state index >= 15 is 0 Å². The van der Waals surface area contributed by atoms with Crippen LogP contribution in [0.25, 0.3) is 0 Å². The lowest BCUT2D eigenvalue weighted by Gasteiger charge is -2.20. The third-order valence-electron chi connectivity index (χ3n) is 3.09. The molecule has 0 spiro atoms. The van der Waals surface area contributed by atoms with Crippen LogP contribution >= 0.6 is 0 Å². The molecule has 7 heteroatoms. The Hall–Kier alpha value is -1.18. The molecule has 1 aliphatic rings. The topological polar surface area (TPSA) is 72.6 Å². The van der Waals surface area contributed by atoms with Gasteiger partial charge in [-0.15, -0.1) is 0 Å². The Bertz CT molecular complexity index is 567. The van der Waals surface area contributed by atoms with Crippen molar-refractivity contribution in [2.75, 3.05) is 32.0 Å². The summed E-state index contributed by atoms with van der Waals surface area (Å²) in [4.78, 5) is 0.0632. The maximum atomic E-state index is 13.3. The highest BCUT2D eigenvalue weighted by Gasteiger charge is 2.27. The number of nitrogen functional groups attached to an aromatic ring is 1. The molecule has 0 atom stereocenters. The van der Waals surface area contributed by atoms with Crippen LogP contribution in [0.2, 0.25) is 0 Å². The monoisotopic (exact) mass is 288 g/mol. The SMILES string of the molecule is Cc1cc(F)c(N)cc1S(=O)(=O)N1CCCOCC1. The largest absolute Gasteiger partial charge is 0.396 e. The summed E-state index contributed by atoms with van der Waals surface area (Å²) in [5.74, 6) is -0.601. The predicted molar refractivity (Wildman–Crippen MR) is 69.7 cm³/mol. The zero-order chi connectivity index (χ0) is 14.0. The van der Waals surface area contributed by atoms with Gasteiger partial charge in [0, 0.05) is 19.7 Å². The number of sulfonamides is 1. The van der Waals surface area contributed by atoms with Crippen molar-refractivity contribution in [1.29, 1.82) is 0 Å². The fraction of sp³-hybridized carbons (Fsp3) is 0.500. The second kappa shape index (κ2) is 5.44. The van der Waals surface area contributed by atoms with Gasteiger partial charge in [0.2, 0.25) is 10.0 Å². The third-order valence-corrected chi connectivity index (χ3v) is 5.13. The third kappa shape index (κ3) is 2.88.